The average Bonchev–Trinajstić information content (AvgIpc) is 2.61. The smallest absolute Gasteiger partial charge is 0.182 e. The monoisotopic (exact) mass is 359 g/mol. The van der Waals surface area contributed by atoms with E-state index in [2.05, 4.69) is 10.3 Å². The van der Waals surface area contributed by atoms with Crippen LogP contribution in [0.25, 0.3) is 0 Å². The molecule has 0 atom stereocenters. The van der Waals surface area contributed by atoms with Crippen LogP contribution in [0.5, 0.6) is 0 Å². The molecule has 0 fully saturated rings. The maximum Gasteiger partial charge on any atom is 0.182 e. The number of rotatable bonds is 7. The molecule has 0 bridgehead atoms. The summed E-state index contributed by atoms with van der Waals surface area (Å²) in [5.74, 6) is -1.69. The molecular weight excluding hydrogens is 336 g/mol. The van der Waals surface area contributed by atoms with Gasteiger partial charge < -0.3 is 10.2 Å². The summed E-state index contributed by atoms with van der Waals surface area (Å²) in [7, 11) is 1.93. The SMILES string of the molecule is CCN(C)C=Nc1cc(C)c(C(=O)CNc2c(F)cccc2F)cc1C. The first-order valence-corrected chi connectivity index (χ1v) is 8.40. The standard InChI is InChI=1S/C20H23F2N3O/c1-5-25(4)12-24-18-10-13(2)15(9-14(18)3)19(26)11-23-20-16(21)7-6-8-17(20)22/h6-10,12,23H,5,11H2,1-4H3. The molecule has 0 amide bonds. The average molecular weight is 359 g/mol. The molecule has 0 heterocycles. The van der Waals surface area contributed by atoms with E-state index in [-0.39, 0.29) is 18.0 Å². The Labute approximate surface area is 152 Å². The number of benzene rings is 2. The minimum Gasteiger partial charge on any atom is -0.373 e. The second kappa shape index (κ2) is 8.56. The summed E-state index contributed by atoms with van der Waals surface area (Å²) >= 11 is 0. The number of carbonyl (C=O) groups is 1. The van der Waals surface area contributed by atoms with Crippen LogP contribution in [0.4, 0.5) is 20.2 Å². The Morgan fingerprint density at radius 3 is 2.46 bits per heavy atom. The van der Waals surface area contributed by atoms with Gasteiger partial charge in [0.25, 0.3) is 0 Å². The molecule has 26 heavy (non-hydrogen) atoms. The third kappa shape index (κ3) is 4.65. The van der Waals surface area contributed by atoms with Crippen molar-refractivity contribution in [3.05, 3.63) is 58.7 Å². The van der Waals surface area contributed by atoms with E-state index < -0.39 is 11.6 Å². The maximum atomic E-state index is 13.6. The van der Waals surface area contributed by atoms with Crippen LogP contribution in [-0.4, -0.2) is 37.2 Å². The zero-order chi connectivity index (χ0) is 19.3. The van der Waals surface area contributed by atoms with Gasteiger partial charge in [-0.15, -0.1) is 0 Å². The Bertz CT molecular complexity index is 814. The number of para-hydroxylation sites is 1. The van der Waals surface area contributed by atoms with E-state index in [4.69, 9.17) is 0 Å². The summed E-state index contributed by atoms with van der Waals surface area (Å²) in [6, 6.07) is 7.17. The molecule has 0 aliphatic carbocycles. The van der Waals surface area contributed by atoms with Gasteiger partial charge in [0, 0.05) is 19.2 Å². The summed E-state index contributed by atoms with van der Waals surface area (Å²) in [4.78, 5) is 18.9. The normalized spacial score (nSPS) is 11.0. The van der Waals surface area contributed by atoms with Crippen LogP contribution >= 0.6 is 0 Å². The molecular formula is C20H23F2N3O. The molecule has 2 rings (SSSR count). The number of nitrogens with zero attached hydrogens (tertiary/aromatic N) is 2. The van der Waals surface area contributed by atoms with E-state index in [9.17, 15) is 13.6 Å². The molecule has 0 radical (unpaired) electrons. The van der Waals surface area contributed by atoms with Gasteiger partial charge in [0.15, 0.2) is 5.78 Å². The highest BCUT2D eigenvalue weighted by Crippen LogP contribution is 2.24. The molecule has 0 aliphatic rings. The Kier molecular flexibility index (Phi) is 6.44. The van der Waals surface area contributed by atoms with Crippen LogP contribution in [0.2, 0.25) is 0 Å². The number of halogens is 2. The van der Waals surface area contributed by atoms with E-state index in [0.29, 0.717) is 5.56 Å². The number of anilines is 1. The molecule has 2 aromatic carbocycles. The predicted molar refractivity (Wildman–Crippen MR) is 102 cm³/mol. The Morgan fingerprint density at radius 2 is 1.85 bits per heavy atom. The van der Waals surface area contributed by atoms with E-state index in [1.54, 1.807) is 12.4 Å². The topological polar surface area (TPSA) is 44.7 Å². The van der Waals surface area contributed by atoms with Gasteiger partial charge in [-0.1, -0.05) is 6.07 Å². The molecule has 1 N–H and O–H groups in total. The number of carbonyl (C=O) groups excluding carboxylic acids is 1. The quantitative estimate of drug-likeness (QED) is 0.450. The first-order valence-electron chi connectivity index (χ1n) is 8.40. The maximum absolute atomic E-state index is 13.6. The number of nitrogens with one attached hydrogen (secondary N) is 1. The summed E-state index contributed by atoms with van der Waals surface area (Å²) in [6.07, 6.45) is 1.74. The lowest BCUT2D eigenvalue weighted by Crippen LogP contribution is -2.17. The van der Waals surface area contributed by atoms with Gasteiger partial charge >= 0.3 is 0 Å². The largest absolute Gasteiger partial charge is 0.373 e. The third-order valence-electron chi connectivity index (χ3n) is 4.12. The Hall–Kier alpha value is -2.76. The lowest BCUT2D eigenvalue weighted by Gasteiger charge is -2.12. The lowest BCUT2D eigenvalue weighted by molar-refractivity contribution is 0.101. The molecule has 6 heteroatoms. The number of aliphatic imine (C=N–C) groups is 1. The number of hydrogen-bond acceptors (Lipinski definition) is 3. The van der Waals surface area contributed by atoms with Crippen molar-refractivity contribution in [2.75, 3.05) is 25.5 Å². The summed E-state index contributed by atoms with van der Waals surface area (Å²) in [6.45, 7) is 6.37. The minimum absolute atomic E-state index is 0.195. The fourth-order valence-electron chi connectivity index (χ4n) is 2.41. The first-order chi connectivity index (χ1) is 12.3. The van der Waals surface area contributed by atoms with Gasteiger partial charge in [-0.05, 0) is 56.2 Å². The number of ketones is 1. The van der Waals surface area contributed by atoms with E-state index in [1.807, 2.05) is 38.8 Å². The third-order valence-corrected chi connectivity index (χ3v) is 4.12. The highest BCUT2D eigenvalue weighted by atomic mass is 19.1. The molecule has 0 unspecified atom stereocenters. The second-order valence-corrected chi connectivity index (χ2v) is 6.14. The van der Waals surface area contributed by atoms with Crippen LogP contribution in [0, 0.1) is 25.5 Å². The molecule has 0 aliphatic heterocycles. The van der Waals surface area contributed by atoms with Gasteiger partial charge in [-0.25, -0.2) is 13.8 Å². The van der Waals surface area contributed by atoms with E-state index >= 15 is 0 Å². The summed E-state index contributed by atoms with van der Waals surface area (Å²) in [5.41, 5.74) is 2.63. The van der Waals surface area contributed by atoms with Gasteiger partial charge in [0.2, 0.25) is 0 Å². The van der Waals surface area contributed by atoms with Crippen LogP contribution < -0.4 is 5.32 Å². The van der Waals surface area contributed by atoms with Crippen molar-refractivity contribution in [1.82, 2.24) is 4.90 Å². The lowest BCUT2D eigenvalue weighted by atomic mass is 10.0. The van der Waals surface area contributed by atoms with Crippen LogP contribution in [0.3, 0.4) is 0 Å². The first kappa shape index (κ1) is 19.6. The minimum atomic E-state index is -0.726. The Morgan fingerprint density at radius 1 is 1.19 bits per heavy atom. The highest BCUT2D eigenvalue weighted by Gasteiger charge is 2.14. The highest BCUT2D eigenvalue weighted by molar-refractivity contribution is 6.00. The number of aryl methyl sites for hydroxylation is 2. The van der Waals surface area contributed by atoms with Crippen molar-refractivity contribution < 1.29 is 13.6 Å². The zero-order valence-corrected chi connectivity index (χ0v) is 15.4. The predicted octanol–water partition coefficient (Wildman–Crippen LogP) is 4.49. The molecule has 138 valence electrons. The summed E-state index contributed by atoms with van der Waals surface area (Å²) < 4.78 is 27.3. The second-order valence-electron chi connectivity index (χ2n) is 6.14. The fraction of sp³-hybridized carbons (Fsp3) is 0.300. The van der Waals surface area contributed by atoms with Gasteiger partial charge in [0.05, 0.1) is 18.6 Å². The Balaban J connectivity index is 2.17. The van der Waals surface area contributed by atoms with Crippen molar-refractivity contribution in [3.63, 3.8) is 0 Å². The van der Waals surface area contributed by atoms with Crippen LogP contribution in [0.1, 0.15) is 28.4 Å². The molecule has 0 saturated carbocycles. The van der Waals surface area contributed by atoms with Gasteiger partial charge in [0.1, 0.15) is 17.3 Å². The molecule has 2 aromatic rings. The van der Waals surface area contributed by atoms with E-state index in [0.717, 1.165) is 35.5 Å². The van der Waals surface area contributed by atoms with Crippen molar-refractivity contribution in [2.45, 2.75) is 20.8 Å². The molecule has 4 nitrogen and oxygen atoms in total. The molecule has 0 spiro atoms. The van der Waals surface area contributed by atoms with Gasteiger partial charge in [-0.2, -0.15) is 0 Å². The number of hydrogen-bond donors (Lipinski definition) is 1. The summed E-state index contributed by atoms with van der Waals surface area (Å²) in [5, 5.41) is 2.55. The van der Waals surface area contributed by atoms with Crippen LogP contribution in [-0.2, 0) is 0 Å². The van der Waals surface area contributed by atoms with Crippen molar-refractivity contribution in [1.29, 1.82) is 0 Å². The number of Topliss-reactive ketones (excluding diaryl/α,β-unsaturated/α-hetero) is 1. The van der Waals surface area contributed by atoms with Crippen molar-refractivity contribution in [2.24, 2.45) is 4.99 Å². The molecule has 0 aromatic heterocycles. The van der Waals surface area contributed by atoms with Crippen LogP contribution in [0.15, 0.2) is 35.3 Å². The zero-order valence-electron chi connectivity index (χ0n) is 15.4. The fourth-order valence-corrected chi connectivity index (χ4v) is 2.41. The molecule has 0 saturated heterocycles. The van der Waals surface area contributed by atoms with Crippen molar-refractivity contribution in [3.8, 4) is 0 Å². The van der Waals surface area contributed by atoms with Gasteiger partial charge in [-0.3, -0.25) is 4.79 Å². The van der Waals surface area contributed by atoms with E-state index in [1.165, 1.54) is 6.07 Å². The van der Waals surface area contributed by atoms with Crippen molar-refractivity contribution >= 4 is 23.5 Å².